The fraction of sp³-hybridized carbons (Fsp3) is 0.556. The first-order valence-electron chi connectivity index (χ1n) is 7.46. The summed E-state index contributed by atoms with van der Waals surface area (Å²) < 4.78 is 5.27. The first-order chi connectivity index (χ1) is 9.89. The summed E-state index contributed by atoms with van der Waals surface area (Å²) in [4.78, 5) is 23.8. The Labute approximate surface area is 133 Å². The summed E-state index contributed by atoms with van der Waals surface area (Å²) in [5, 5.41) is 2.70. The lowest BCUT2D eigenvalue weighted by Gasteiger charge is -2.32. The van der Waals surface area contributed by atoms with Crippen LogP contribution in [0.1, 0.15) is 59.6 Å². The molecule has 1 rings (SSSR count). The second kappa shape index (κ2) is 6.11. The molecule has 0 aliphatic carbocycles. The van der Waals surface area contributed by atoms with Gasteiger partial charge in [-0.15, -0.1) is 0 Å². The third-order valence-corrected chi connectivity index (χ3v) is 3.29. The summed E-state index contributed by atoms with van der Waals surface area (Å²) in [7, 11) is 0. The van der Waals surface area contributed by atoms with E-state index in [1.165, 1.54) is 0 Å². The van der Waals surface area contributed by atoms with E-state index in [0.717, 1.165) is 17.4 Å². The highest BCUT2D eigenvalue weighted by Crippen LogP contribution is 2.32. The van der Waals surface area contributed by atoms with Gasteiger partial charge in [0.1, 0.15) is 17.4 Å². The van der Waals surface area contributed by atoms with Gasteiger partial charge in [-0.05, 0) is 44.2 Å². The van der Waals surface area contributed by atoms with Crippen molar-refractivity contribution < 1.29 is 14.3 Å². The van der Waals surface area contributed by atoms with Crippen molar-refractivity contribution in [3.8, 4) is 0 Å². The zero-order valence-corrected chi connectivity index (χ0v) is 14.6. The topological polar surface area (TPSA) is 55.4 Å². The van der Waals surface area contributed by atoms with E-state index < -0.39 is 17.2 Å². The van der Waals surface area contributed by atoms with Gasteiger partial charge in [0.15, 0.2) is 0 Å². The molecule has 22 heavy (non-hydrogen) atoms. The SMILES string of the molecule is CC(C)(C)OC(=O)NC(C)(C=O)c1ccccc1C(C)(C)C. The molecule has 1 aromatic carbocycles. The molecule has 0 heterocycles. The summed E-state index contributed by atoms with van der Waals surface area (Å²) in [6.07, 6.45) is 0.146. The maximum atomic E-state index is 12.1. The Bertz CT molecular complexity index is 552. The Morgan fingerprint density at radius 1 is 1.00 bits per heavy atom. The average Bonchev–Trinajstić information content (AvgIpc) is 2.35. The zero-order valence-electron chi connectivity index (χ0n) is 14.6. The van der Waals surface area contributed by atoms with Gasteiger partial charge in [-0.3, -0.25) is 0 Å². The van der Waals surface area contributed by atoms with Gasteiger partial charge in [0.2, 0.25) is 0 Å². The van der Waals surface area contributed by atoms with Crippen LogP contribution in [0.4, 0.5) is 4.79 Å². The molecule has 0 aliphatic heterocycles. The van der Waals surface area contributed by atoms with Gasteiger partial charge >= 0.3 is 6.09 Å². The minimum absolute atomic E-state index is 0.142. The second-order valence-electron chi connectivity index (χ2n) is 7.74. The normalized spacial score (nSPS) is 14.9. The van der Waals surface area contributed by atoms with Crippen LogP contribution < -0.4 is 5.32 Å². The Balaban J connectivity index is 3.20. The lowest BCUT2D eigenvalue weighted by Crippen LogP contribution is -2.48. The average molecular weight is 305 g/mol. The smallest absolute Gasteiger partial charge is 0.408 e. The van der Waals surface area contributed by atoms with Crippen molar-refractivity contribution in [3.63, 3.8) is 0 Å². The van der Waals surface area contributed by atoms with Crippen molar-refractivity contribution >= 4 is 12.4 Å². The first kappa shape index (κ1) is 18.2. The third kappa shape index (κ3) is 4.58. The molecule has 0 radical (unpaired) electrons. The highest BCUT2D eigenvalue weighted by atomic mass is 16.6. The molecule has 1 amide bonds. The van der Waals surface area contributed by atoms with Gasteiger partial charge in [0.25, 0.3) is 0 Å². The minimum Gasteiger partial charge on any atom is -0.444 e. The van der Waals surface area contributed by atoms with E-state index >= 15 is 0 Å². The second-order valence-corrected chi connectivity index (χ2v) is 7.74. The molecule has 0 aromatic heterocycles. The van der Waals surface area contributed by atoms with Crippen LogP contribution >= 0.6 is 0 Å². The van der Waals surface area contributed by atoms with Crippen LogP contribution in [0.5, 0.6) is 0 Å². The molecule has 0 aliphatic rings. The van der Waals surface area contributed by atoms with E-state index in [1.54, 1.807) is 27.7 Å². The summed E-state index contributed by atoms with van der Waals surface area (Å²) in [5.74, 6) is 0. The van der Waals surface area contributed by atoms with Crippen molar-refractivity contribution in [2.24, 2.45) is 0 Å². The van der Waals surface area contributed by atoms with Crippen molar-refractivity contribution in [3.05, 3.63) is 35.4 Å². The van der Waals surface area contributed by atoms with E-state index in [-0.39, 0.29) is 5.41 Å². The van der Waals surface area contributed by atoms with Gasteiger partial charge in [0, 0.05) is 0 Å². The summed E-state index contributed by atoms with van der Waals surface area (Å²) in [6, 6.07) is 7.64. The van der Waals surface area contributed by atoms with Gasteiger partial charge in [0.05, 0.1) is 0 Å². The number of carbonyl (C=O) groups is 2. The molecule has 1 atom stereocenters. The maximum absolute atomic E-state index is 12.1. The number of rotatable bonds is 3. The highest BCUT2D eigenvalue weighted by Gasteiger charge is 2.34. The van der Waals surface area contributed by atoms with Crippen LogP contribution in [0.3, 0.4) is 0 Å². The number of hydrogen-bond acceptors (Lipinski definition) is 3. The number of amides is 1. The standard InChI is InChI=1S/C18H27NO3/c1-16(2,3)13-10-8-9-11-14(13)18(7,12-20)19-15(21)22-17(4,5)6/h8-12H,1-7H3,(H,19,21). The molecule has 0 saturated heterocycles. The van der Waals surface area contributed by atoms with Crippen molar-refractivity contribution in [2.75, 3.05) is 0 Å². The molecule has 4 heteroatoms. The highest BCUT2D eigenvalue weighted by molar-refractivity contribution is 5.78. The van der Waals surface area contributed by atoms with E-state index in [0.29, 0.717) is 0 Å². The molecule has 0 spiro atoms. The van der Waals surface area contributed by atoms with Crippen LogP contribution in [0, 0.1) is 0 Å². The third-order valence-electron chi connectivity index (χ3n) is 3.29. The van der Waals surface area contributed by atoms with E-state index in [1.807, 2.05) is 24.3 Å². The largest absolute Gasteiger partial charge is 0.444 e. The molecule has 0 fully saturated rings. The van der Waals surface area contributed by atoms with Crippen molar-refractivity contribution in [1.82, 2.24) is 5.32 Å². The Kier molecular flexibility index (Phi) is 5.06. The lowest BCUT2D eigenvalue weighted by atomic mass is 9.78. The van der Waals surface area contributed by atoms with Crippen LogP contribution in [0.15, 0.2) is 24.3 Å². The first-order valence-corrected chi connectivity index (χ1v) is 7.46. The number of ether oxygens (including phenoxy) is 1. The van der Waals surface area contributed by atoms with Gasteiger partial charge in [-0.2, -0.15) is 0 Å². The summed E-state index contributed by atoms with van der Waals surface area (Å²) >= 11 is 0. The molecule has 0 saturated carbocycles. The zero-order chi connectivity index (χ0) is 17.2. The monoisotopic (exact) mass is 305 g/mol. The van der Waals surface area contributed by atoms with E-state index in [2.05, 4.69) is 26.1 Å². The number of benzene rings is 1. The van der Waals surface area contributed by atoms with Crippen LogP contribution in [-0.4, -0.2) is 18.0 Å². The van der Waals surface area contributed by atoms with Crippen molar-refractivity contribution in [2.45, 2.75) is 65.0 Å². The predicted octanol–water partition coefficient (Wildman–Crippen LogP) is 3.92. The van der Waals surface area contributed by atoms with Gasteiger partial charge < -0.3 is 14.8 Å². The fourth-order valence-electron chi connectivity index (χ4n) is 2.27. The molecule has 1 unspecified atom stereocenters. The predicted molar refractivity (Wildman–Crippen MR) is 87.9 cm³/mol. The molecule has 1 aromatic rings. The summed E-state index contributed by atoms with van der Waals surface area (Å²) in [5.41, 5.74) is -0.0934. The van der Waals surface area contributed by atoms with Crippen LogP contribution in [0.25, 0.3) is 0 Å². The molecular weight excluding hydrogens is 278 g/mol. The Morgan fingerprint density at radius 3 is 1.91 bits per heavy atom. The van der Waals surface area contributed by atoms with Gasteiger partial charge in [-0.25, -0.2) is 4.79 Å². The maximum Gasteiger partial charge on any atom is 0.408 e. The number of nitrogens with one attached hydrogen (secondary N) is 1. The number of carbonyl (C=O) groups excluding carboxylic acids is 2. The molecular formula is C18H27NO3. The van der Waals surface area contributed by atoms with Gasteiger partial charge in [-0.1, -0.05) is 45.0 Å². The number of aldehydes is 1. The molecule has 122 valence electrons. The van der Waals surface area contributed by atoms with Crippen molar-refractivity contribution in [1.29, 1.82) is 0 Å². The van der Waals surface area contributed by atoms with E-state index in [9.17, 15) is 9.59 Å². The Morgan fingerprint density at radius 2 is 1.50 bits per heavy atom. The molecule has 4 nitrogen and oxygen atoms in total. The number of alkyl carbamates (subject to hydrolysis) is 1. The quantitative estimate of drug-likeness (QED) is 0.861. The molecule has 0 bridgehead atoms. The molecule has 1 N–H and O–H groups in total. The number of hydrogen-bond donors (Lipinski definition) is 1. The minimum atomic E-state index is -1.13. The summed E-state index contributed by atoms with van der Waals surface area (Å²) in [6.45, 7) is 13.3. The van der Waals surface area contributed by atoms with E-state index in [4.69, 9.17) is 4.74 Å². The van der Waals surface area contributed by atoms with Crippen LogP contribution in [-0.2, 0) is 20.5 Å². The van der Waals surface area contributed by atoms with Crippen LogP contribution in [0.2, 0.25) is 0 Å². The lowest BCUT2D eigenvalue weighted by molar-refractivity contribution is -0.113. The Hall–Kier alpha value is -1.84. The fourth-order valence-corrected chi connectivity index (χ4v) is 2.27.